The van der Waals surface area contributed by atoms with E-state index >= 15 is 0 Å². The Labute approximate surface area is 81.0 Å². The SMILES string of the molecule is OB(O)Oc1ccc2cnccc2c1. The molecule has 1 aromatic heterocycles. The van der Waals surface area contributed by atoms with Crippen LogP contribution >= 0.6 is 0 Å². The summed E-state index contributed by atoms with van der Waals surface area (Å²) in [5, 5.41) is 19.1. The van der Waals surface area contributed by atoms with Crippen molar-refractivity contribution in [3.63, 3.8) is 0 Å². The molecule has 0 aliphatic rings. The highest BCUT2D eigenvalue weighted by molar-refractivity contribution is 6.33. The maximum Gasteiger partial charge on any atom is 0.707 e. The zero-order valence-corrected chi connectivity index (χ0v) is 7.29. The zero-order valence-electron chi connectivity index (χ0n) is 7.29. The lowest BCUT2D eigenvalue weighted by atomic mass is 10.1. The van der Waals surface area contributed by atoms with E-state index in [9.17, 15) is 0 Å². The fourth-order valence-corrected chi connectivity index (χ4v) is 1.26. The summed E-state index contributed by atoms with van der Waals surface area (Å²) >= 11 is 0. The number of aromatic nitrogens is 1. The Morgan fingerprint density at radius 1 is 1.14 bits per heavy atom. The lowest BCUT2D eigenvalue weighted by Crippen LogP contribution is -2.20. The van der Waals surface area contributed by atoms with Crippen molar-refractivity contribution >= 4 is 18.1 Å². The van der Waals surface area contributed by atoms with Crippen LogP contribution in [0.4, 0.5) is 0 Å². The Morgan fingerprint density at radius 2 is 2.00 bits per heavy atom. The molecule has 0 spiro atoms. The van der Waals surface area contributed by atoms with Crippen molar-refractivity contribution in [2.24, 2.45) is 0 Å². The quantitative estimate of drug-likeness (QED) is 0.678. The Kier molecular flexibility index (Phi) is 2.34. The van der Waals surface area contributed by atoms with E-state index in [0.717, 1.165) is 10.8 Å². The van der Waals surface area contributed by atoms with Crippen molar-refractivity contribution in [1.82, 2.24) is 4.98 Å². The minimum atomic E-state index is -1.78. The highest BCUT2D eigenvalue weighted by atomic mass is 16.6. The van der Waals surface area contributed by atoms with Crippen LogP contribution in [0, 0.1) is 0 Å². The van der Waals surface area contributed by atoms with Gasteiger partial charge in [0.2, 0.25) is 0 Å². The van der Waals surface area contributed by atoms with Crippen molar-refractivity contribution in [1.29, 1.82) is 0 Å². The van der Waals surface area contributed by atoms with Crippen molar-refractivity contribution in [3.8, 4) is 5.75 Å². The van der Waals surface area contributed by atoms with Gasteiger partial charge in [-0.1, -0.05) is 0 Å². The number of nitrogens with zero attached hydrogens (tertiary/aromatic N) is 1. The fraction of sp³-hybridized carbons (Fsp3) is 0. The van der Waals surface area contributed by atoms with Crippen molar-refractivity contribution in [2.75, 3.05) is 0 Å². The summed E-state index contributed by atoms with van der Waals surface area (Å²) in [6.45, 7) is 0. The third-order valence-electron chi connectivity index (χ3n) is 1.85. The number of pyridine rings is 1. The molecular formula is C9H8BNO3. The Morgan fingerprint density at radius 3 is 2.79 bits per heavy atom. The topological polar surface area (TPSA) is 62.6 Å². The molecule has 14 heavy (non-hydrogen) atoms. The summed E-state index contributed by atoms with van der Waals surface area (Å²) in [5.41, 5.74) is 0. The summed E-state index contributed by atoms with van der Waals surface area (Å²) in [6, 6.07) is 7.01. The van der Waals surface area contributed by atoms with E-state index in [0.29, 0.717) is 5.75 Å². The molecule has 0 saturated carbocycles. The molecule has 0 bridgehead atoms. The number of benzene rings is 1. The second-order valence-electron chi connectivity index (χ2n) is 2.83. The second-order valence-corrected chi connectivity index (χ2v) is 2.83. The molecular weight excluding hydrogens is 181 g/mol. The van der Waals surface area contributed by atoms with Gasteiger partial charge in [0.25, 0.3) is 0 Å². The number of rotatable bonds is 2. The van der Waals surface area contributed by atoms with Gasteiger partial charge < -0.3 is 14.7 Å². The van der Waals surface area contributed by atoms with Crippen LogP contribution in [-0.2, 0) is 0 Å². The van der Waals surface area contributed by atoms with Crippen LogP contribution in [0.15, 0.2) is 36.7 Å². The Bertz CT molecular complexity index is 447. The molecule has 2 aromatic rings. The first-order chi connectivity index (χ1) is 6.75. The van der Waals surface area contributed by atoms with Crippen LogP contribution in [0.1, 0.15) is 0 Å². The molecule has 0 amide bonds. The van der Waals surface area contributed by atoms with Gasteiger partial charge >= 0.3 is 7.32 Å². The predicted molar refractivity (Wildman–Crippen MR) is 52.6 cm³/mol. The molecule has 70 valence electrons. The molecule has 0 aliphatic carbocycles. The molecule has 0 radical (unpaired) electrons. The van der Waals surface area contributed by atoms with Crippen LogP contribution in [0.5, 0.6) is 5.75 Å². The third kappa shape index (κ3) is 1.84. The van der Waals surface area contributed by atoms with Crippen LogP contribution in [0.3, 0.4) is 0 Å². The molecule has 2 N–H and O–H groups in total. The Balaban J connectivity index is 2.41. The lowest BCUT2D eigenvalue weighted by molar-refractivity contribution is 0.288. The Hall–Kier alpha value is -1.59. The maximum absolute atomic E-state index is 8.60. The van der Waals surface area contributed by atoms with Gasteiger partial charge in [-0.05, 0) is 29.7 Å². The van der Waals surface area contributed by atoms with Crippen LogP contribution in [0.2, 0.25) is 0 Å². The summed E-state index contributed by atoms with van der Waals surface area (Å²) in [6.07, 6.45) is 3.40. The van der Waals surface area contributed by atoms with E-state index in [2.05, 4.69) is 4.98 Å². The van der Waals surface area contributed by atoms with Gasteiger partial charge in [-0.3, -0.25) is 4.98 Å². The molecule has 4 nitrogen and oxygen atoms in total. The summed E-state index contributed by atoms with van der Waals surface area (Å²) in [5.74, 6) is 0.415. The van der Waals surface area contributed by atoms with E-state index < -0.39 is 7.32 Å². The summed E-state index contributed by atoms with van der Waals surface area (Å²) < 4.78 is 4.71. The standard InChI is InChI=1S/C9H8BNO3/c12-10(13)14-9-2-1-8-6-11-4-3-7(8)5-9/h1-6,12-13H. The van der Waals surface area contributed by atoms with E-state index in [1.807, 2.05) is 6.07 Å². The first-order valence-corrected chi connectivity index (χ1v) is 4.12. The van der Waals surface area contributed by atoms with E-state index in [1.165, 1.54) is 0 Å². The first kappa shape index (κ1) is 8.99. The predicted octanol–water partition coefficient (Wildman–Crippen LogP) is 0.583. The molecule has 2 rings (SSSR count). The average Bonchev–Trinajstić information content (AvgIpc) is 2.17. The largest absolute Gasteiger partial charge is 0.707 e. The zero-order chi connectivity index (χ0) is 9.97. The third-order valence-corrected chi connectivity index (χ3v) is 1.85. The van der Waals surface area contributed by atoms with E-state index in [-0.39, 0.29) is 0 Å². The minimum absolute atomic E-state index is 0.415. The van der Waals surface area contributed by atoms with Gasteiger partial charge in [0, 0.05) is 17.8 Å². The van der Waals surface area contributed by atoms with Crippen LogP contribution < -0.4 is 4.65 Å². The number of hydrogen-bond donors (Lipinski definition) is 2. The second kappa shape index (κ2) is 3.65. The lowest BCUT2D eigenvalue weighted by Gasteiger charge is -2.05. The first-order valence-electron chi connectivity index (χ1n) is 4.12. The monoisotopic (exact) mass is 189 g/mol. The van der Waals surface area contributed by atoms with Crippen LogP contribution in [-0.4, -0.2) is 22.4 Å². The molecule has 5 heteroatoms. The van der Waals surface area contributed by atoms with Crippen molar-refractivity contribution in [2.45, 2.75) is 0 Å². The summed E-state index contributed by atoms with van der Waals surface area (Å²) in [4.78, 5) is 3.96. The van der Waals surface area contributed by atoms with Gasteiger partial charge in [-0.2, -0.15) is 0 Å². The smallest absolute Gasteiger partial charge is 0.512 e. The molecule has 0 aliphatic heterocycles. The molecule has 1 aromatic carbocycles. The minimum Gasteiger partial charge on any atom is -0.512 e. The van der Waals surface area contributed by atoms with Gasteiger partial charge in [-0.15, -0.1) is 0 Å². The van der Waals surface area contributed by atoms with Crippen LogP contribution in [0.25, 0.3) is 10.8 Å². The highest BCUT2D eigenvalue weighted by Crippen LogP contribution is 2.19. The summed E-state index contributed by atoms with van der Waals surface area (Å²) in [7, 11) is -1.78. The normalized spacial score (nSPS) is 10.1. The van der Waals surface area contributed by atoms with Gasteiger partial charge in [0.15, 0.2) is 0 Å². The van der Waals surface area contributed by atoms with Crippen molar-refractivity contribution < 1.29 is 14.7 Å². The van der Waals surface area contributed by atoms with Crippen molar-refractivity contribution in [3.05, 3.63) is 36.7 Å². The number of hydrogen-bond acceptors (Lipinski definition) is 4. The molecule has 0 fully saturated rings. The molecule has 0 unspecified atom stereocenters. The maximum atomic E-state index is 8.60. The van der Waals surface area contributed by atoms with Gasteiger partial charge in [0.05, 0.1) is 0 Å². The molecule has 1 heterocycles. The van der Waals surface area contributed by atoms with E-state index in [4.69, 9.17) is 14.7 Å². The molecule has 0 atom stereocenters. The number of fused-ring (bicyclic) bond motifs is 1. The highest BCUT2D eigenvalue weighted by Gasteiger charge is 2.10. The average molecular weight is 189 g/mol. The molecule has 0 saturated heterocycles. The van der Waals surface area contributed by atoms with E-state index in [1.54, 1.807) is 30.6 Å². The van der Waals surface area contributed by atoms with Gasteiger partial charge in [0.1, 0.15) is 5.75 Å². The van der Waals surface area contributed by atoms with Gasteiger partial charge in [-0.25, -0.2) is 0 Å². The fourth-order valence-electron chi connectivity index (χ4n) is 1.26.